The Balaban J connectivity index is 1.55. The van der Waals surface area contributed by atoms with Crippen LogP contribution in [0.15, 0.2) is 42.6 Å². The van der Waals surface area contributed by atoms with Crippen molar-refractivity contribution < 1.29 is 27.4 Å². The molecule has 38 heavy (non-hydrogen) atoms. The number of rotatable bonds is 7. The number of aryl methyl sites for hydroxylation is 1. The average molecular weight is 532 g/mol. The summed E-state index contributed by atoms with van der Waals surface area (Å²) in [4.78, 5) is 14.4. The zero-order valence-corrected chi connectivity index (χ0v) is 22.6. The summed E-state index contributed by atoms with van der Waals surface area (Å²) < 4.78 is 53.0. The molecule has 0 radical (unpaired) electrons. The predicted molar refractivity (Wildman–Crippen MR) is 140 cm³/mol. The first-order valence-corrected chi connectivity index (χ1v) is 13.0. The zero-order chi connectivity index (χ0) is 27.7. The number of ether oxygens (including phenoxy) is 2. The Morgan fingerprint density at radius 3 is 2.39 bits per heavy atom. The first kappa shape index (κ1) is 28.0. The third-order valence-corrected chi connectivity index (χ3v) is 7.03. The number of halogens is 3. The molecule has 6 nitrogen and oxygen atoms in total. The molecule has 1 atom stereocenters. The monoisotopic (exact) mass is 531 g/mol. The summed E-state index contributed by atoms with van der Waals surface area (Å²) in [5.41, 5.74) is 2.39. The molecule has 206 valence electrons. The number of hydrogen-bond donors (Lipinski definition) is 0. The van der Waals surface area contributed by atoms with E-state index in [1.165, 1.54) is 16.8 Å². The third kappa shape index (κ3) is 6.49. The molecule has 9 heteroatoms. The van der Waals surface area contributed by atoms with Crippen molar-refractivity contribution in [3.63, 3.8) is 0 Å². The number of amides is 1. The van der Waals surface area contributed by atoms with Crippen molar-refractivity contribution in [2.45, 2.75) is 77.6 Å². The van der Waals surface area contributed by atoms with Crippen LogP contribution in [0.3, 0.4) is 0 Å². The molecule has 1 aromatic heterocycles. The van der Waals surface area contributed by atoms with Gasteiger partial charge in [0.15, 0.2) is 0 Å². The fourth-order valence-electron chi connectivity index (χ4n) is 5.05. The maximum atomic E-state index is 13.8. The summed E-state index contributed by atoms with van der Waals surface area (Å²) in [5, 5.41) is 5.20. The highest BCUT2D eigenvalue weighted by Crippen LogP contribution is 2.38. The summed E-state index contributed by atoms with van der Waals surface area (Å²) in [5.74, 6) is -0.314. The smallest absolute Gasteiger partial charge is 0.410 e. The van der Waals surface area contributed by atoms with E-state index in [-0.39, 0.29) is 18.0 Å². The molecular formula is C29H36F3N3O3. The first-order valence-electron chi connectivity index (χ1n) is 13.0. The van der Waals surface area contributed by atoms with E-state index < -0.39 is 24.0 Å². The van der Waals surface area contributed by atoms with Gasteiger partial charge in [0.2, 0.25) is 0 Å². The van der Waals surface area contributed by atoms with E-state index in [9.17, 15) is 18.0 Å². The van der Waals surface area contributed by atoms with Crippen molar-refractivity contribution >= 4 is 17.0 Å². The van der Waals surface area contributed by atoms with Crippen molar-refractivity contribution in [2.24, 2.45) is 0 Å². The lowest BCUT2D eigenvalue weighted by Crippen LogP contribution is -2.48. The molecule has 1 aliphatic rings. The van der Waals surface area contributed by atoms with E-state index in [1.807, 2.05) is 46.8 Å². The van der Waals surface area contributed by atoms with Crippen LogP contribution < -0.4 is 0 Å². The highest BCUT2D eigenvalue weighted by atomic mass is 19.3. The zero-order valence-electron chi connectivity index (χ0n) is 22.6. The number of hydrogen-bond acceptors (Lipinski definition) is 4. The molecule has 1 aliphatic heterocycles. The third-order valence-electron chi connectivity index (χ3n) is 7.03. The fraction of sp³-hybridized carbons (Fsp3) is 0.517. The van der Waals surface area contributed by atoms with Gasteiger partial charge in [-0.15, -0.1) is 0 Å². The number of carbonyl (C=O) groups is 1. The number of carbonyl (C=O) groups excluding carboxylic acids is 1. The van der Waals surface area contributed by atoms with Crippen molar-refractivity contribution in [3.8, 4) is 0 Å². The Hall–Kier alpha value is -3.07. The number of likely N-dealkylation sites (tertiary alicyclic amines) is 1. The van der Waals surface area contributed by atoms with Crippen LogP contribution in [0, 0.1) is 12.7 Å². The van der Waals surface area contributed by atoms with Gasteiger partial charge in [-0.2, -0.15) is 5.10 Å². The Morgan fingerprint density at radius 1 is 1.13 bits per heavy atom. The van der Waals surface area contributed by atoms with Crippen LogP contribution in [0.2, 0.25) is 0 Å². The van der Waals surface area contributed by atoms with Gasteiger partial charge >= 0.3 is 6.09 Å². The maximum absolute atomic E-state index is 13.8. The summed E-state index contributed by atoms with van der Waals surface area (Å²) in [6, 6.07) is 10.4. The molecule has 0 aliphatic carbocycles. The summed E-state index contributed by atoms with van der Waals surface area (Å²) in [7, 11) is 0. The van der Waals surface area contributed by atoms with E-state index in [2.05, 4.69) is 5.10 Å². The van der Waals surface area contributed by atoms with Crippen LogP contribution in [0.5, 0.6) is 0 Å². The van der Waals surface area contributed by atoms with Crippen molar-refractivity contribution in [3.05, 3.63) is 65.1 Å². The number of nitrogens with zero attached hydrogens (tertiary/aromatic N) is 3. The quantitative estimate of drug-likeness (QED) is 0.337. The van der Waals surface area contributed by atoms with Gasteiger partial charge in [-0.25, -0.2) is 18.0 Å². The summed E-state index contributed by atoms with van der Waals surface area (Å²) in [6.45, 7) is 10.2. The minimum absolute atomic E-state index is 0.314. The van der Waals surface area contributed by atoms with Crippen LogP contribution in [0.1, 0.15) is 63.3 Å². The fourth-order valence-corrected chi connectivity index (χ4v) is 5.05. The first-order chi connectivity index (χ1) is 17.8. The average Bonchev–Trinajstić information content (AvgIpc) is 3.23. The number of fused-ring (bicyclic) bond motifs is 1. The molecule has 0 N–H and O–H groups in total. The Kier molecular flexibility index (Phi) is 8.06. The van der Waals surface area contributed by atoms with E-state index in [4.69, 9.17) is 9.47 Å². The van der Waals surface area contributed by atoms with E-state index in [0.29, 0.717) is 38.1 Å². The summed E-state index contributed by atoms with van der Waals surface area (Å²) >= 11 is 0. The minimum Gasteiger partial charge on any atom is -0.444 e. The van der Waals surface area contributed by atoms with Gasteiger partial charge in [-0.05, 0) is 76.8 Å². The van der Waals surface area contributed by atoms with Gasteiger partial charge in [0.25, 0.3) is 6.43 Å². The molecule has 4 rings (SSSR count). The SMILES string of the molecule is Cc1cc(C(C)OCC2(c3ccc(F)cc3)CCN(C(=O)OC(C)(C)C)CC2)c2nn(CC(F)F)cc2c1. The second kappa shape index (κ2) is 11.0. The van der Waals surface area contributed by atoms with Crippen LogP contribution in [-0.4, -0.2) is 52.5 Å². The molecular weight excluding hydrogens is 495 g/mol. The molecule has 1 saturated heterocycles. The highest BCUT2D eigenvalue weighted by molar-refractivity contribution is 5.82. The lowest BCUT2D eigenvalue weighted by Gasteiger charge is -2.42. The molecule has 1 fully saturated rings. The number of benzene rings is 2. The molecule has 3 aromatic rings. The topological polar surface area (TPSA) is 56.6 Å². The summed E-state index contributed by atoms with van der Waals surface area (Å²) in [6.07, 6.45) is -0.329. The number of piperidine rings is 1. The van der Waals surface area contributed by atoms with Gasteiger partial charge in [0.1, 0.15) is 18.0 Å². The minimum atomic E-state index is -2.50. The Bertz CT molecular complexity index is 1260. The second-order valence-electron chi connectivity index (χ2n) is 11.2. The normalized spacial score (nSPS) is 16.7. The molecule has 0 spiro atoms. The molecule has 2 heterocycles. The predicted octanol–water partition coefficient (Wildman–Crippen LogP) is 6.80. The van der Waals surface area contributed by atoms with Crippen LogP contribution in [0.4, 0.5) is 18.0 Å². The molecule has 0 saturated carbocycles. The molecule has 2 aromatic carbocycles. The Labute approximate surface area is 221 Å². The van der Waals surface area contributed by atoms with Crippen LogP contribution in [-0.2, 0) is 21.4 Å². The lowest BCUT2D eigenvalue weighted by atomic mass is 9.73. The molecule has 0 bridgehead atoms. The maximum Gasteiger partial charge on any atom is 0.410 e. The van der Waals surface area contributed by atoms with E-state index in [0.717, 1.165) is 22.1 Å². The van der Waals surface area contributed by atoms with Gasteiger partial charge < -0.3 is 14.4 Å². The van der Waals surface area contributed by atoms with Crippen molar-refractivity contribution in [2.75, 3.05) is 19.7 Å². The highest BCUT2D eigenvalue weighted by Gasteiger charge is 2.39. The van der Waals surface area contributed by atoms with Gasteiger partial charge in [-0.1, -0.05) is 18.2 Å². The van der Waals surface area contributed by atoms with Crippen molar-refractivity contribution in [1.82, 2.24) is 14.7 Å². The van der Waals surface area contributed by atoms with Gasteiger partial charge in [0, 0.05) is 35.7 Å². The van der Waals surface area contributed by atoms with Gasteiger partial charge in [-0.3, -0.25) is 4.68 Å². The Morgan fingerprint density at radius 2 is 1.79 bits per heavy atom. The second-order valence-corrected chi connectivity index (χ2v) is 11.2. The van der Waals surface area contributed by atoms with Crippen LogP contribution >= 0.6 is 0 Å². The van der Waals surface area contributed by atoms with E-state index in [1.54, 1.807) is 23.2 Å². The molecule has 1 amide bonds. The largest absolute Gasteiger partial charge is 0.444 e. The molecule has 1 unspecified atom stereocenters. The van der Waals surface area contributed by atoms with Crippen molar-refractivity contribution in [1.29, 1.82) is 0 Å². The number of aromatic nitrogens is 2. The van der Waals surface area contributed by atoms with Crippen LogP contribution in [0.25, 0.3) is 10.9 Å². The standard InChI is InChI=1S/C29H36F3N3O3/c1-19-14-21-16-35(17-25(31)32)33-26(21)24(15-19)20(2)37-18-29(22-6-8-23(30)9-7-22)10-12-34(13-11-29)27(36)38-28(3,4)5/h6-9,14-16,20,25H,10-13,17-18H2,1-5H3. The van der Waals surface area contributed by atoms with E-state index >= 15 is 0 Å². The number of alkyl halides is 2. The lowest BCUT2D eigenvalue weighted by molar-refractivity contribution is -0.00935. The van der Waals surface area contributed by atoms with Gasteiger partial charge in [0.05, 0.1) is 18.2 Å².